The Bertz CT molecular complexity index is 589. The highest BCUT2D eigenvalue weighted by Gasteiger charge is 2.05. The van der Waals surface area contributed by atoms with Crippen LogP contribution < -0.4 is 0 Å². The van der Waals surface area contributed by atoms with E-state index in [4.69, 9.17) is 5.26 Å². The summed E-state index contributed by atoms with van der Waals surface area (Å²) in [6.07, 6.45) is 3.98. The van der Waals surface area contributed by atoms with Gasteiger partial charge >= 0.3 is 0 Å². The SMILES string of the molecule is CCc1nc(Br)cc(-c2cncc(C#N)c2)n1. The van der Waals surface area contributed by atoms with Crippen molar-refractivity contribution in [3.8, 4) is 17.3 Å². The van der Waals surface area contributed by atoms with Crippen molar-refractivity contribution >= 4 is 15.9 Å². The second kappa shape index (κ2) is 5.02. The summed E-state index contributed by atoms with van der Waals surface area (Å²) in [4.78, 5) is 12.7. The van der Waals surface area contributed by atoms with Crippen LogP contribution in [0.1, 0.15) is 18.3 Å². The van der Waals surface area contributed by atoms with E-state index < -0.39 is 0 Å². The van der Waals surface area contributed by atoms with Gasteiger partial charge in [-0.2, -0.15) is 5.26 Å². The molecule has 2 aromatic rings. The smallest absolute Gasteiger partial charge is 0.130 e. The van der Waals surface area contributed by atoms with Gasteiger partial charge in [-0.15, -0.1) is 0 Å². The van der Waals surface area contributed by atoms with Gasteiger partial charge in [-0.1, -0.05) is 6.92 Å². The van der Waals surface area contributed by atoms with E-state index >= 15 is 0 Å². The fourth-order valence-electron chi connectivity index (χ4n) is 1.41. The molecule has 0 aromatic carbocycles. The highest BCUT2D eigenvalue weighted by atomic mass is 79.9. The molecule has 2 rings (SSSR count). The maximum absolute atomic E-state index is 8.83. The summed E-state index contributed by atoms with van der Waals surface area (Å²) in [7, 11) is 0. The summed E-state index contributed by atoms with van der Waals surface area (Å²) in [5, 5.41) is 8.83. The van der Waals surface area contributed by atoms with Crippen molar-refractivity contribution in [2.24, 2.45) is 0 Å². The Morgan fingerprint density at radius 3 is 2.82 bits per heavy atom. The minimum atomic E-state index is 0.523. The van der Waals surface area contributed by atoms with E-state index in [0.717, 1.165) is 28.1 Å². The molecule has 2 aromatic heterocycles. The predicted molar refractivity (Wildman–Crippen MR) is 67.1 cm³/mol. The highest BCUT2D eigenvalue weighted by molar-refractivity contribution is 9.10. The molecule has 0 unspecified atom stereocenters. The van der Waals surface area contributed by atoms with Crippen LogP contribution in [0, 0.1) is 11.3 Å². The van der Waals surface area contributed by atoms with Gasteiger partial charge in [0, 0.05) is 24.4 Å². The molecule has 0 bridgehead atoms. The molecule has 0 aliphatic carbocycles. The summed E-state index contributed by atoms with van der Waals surface area (Å²) in [6.45, 7) is 2.00. The van der Waals surface area contributed by atoms with Gasteiger partial charge in [0.15, 0.2) is 0 Å². The lowest BCUT2D eigenvalue weighted by molar-refractivity contribution is 0.931. The lowest BCUT2D eigenvalue weighted by Crippen LogP contribution is -1.96. The van der Waals surface area contributed by atoms with Crippen LogP contribution in [0.2, 0.25) is 0 Å². The summed E-state index contributed by atoms with van der Waals surface area (Å²) in [6, 6.07) is 5.64. The molecule has 0 amide bonds. The highest BCUT2D eigenvalue weighted by Crippen LogP contribution is 2.20. The number of hydrogen-bond acceptors (Lipinski definition) is 4. The Balaban J connectivity index is 2.52. The Morgan fingerprint density at radius 1 is 1.29 bits per heavy atom. The molecule has 0 aliphatic rings. The predicted octanol–water partition coefficient (Wildman–Crippen LogP) is 2.74. The third kappa shape index (κ3) is 2.66. The van der Waals surface area contributed by atoms with Crippen molar-refractivity contribution in [3.05, 3.63) is 40.5 Å². The Hall–Kier alpha value is -1.80. The van der Waals surface area contributed by atoms with E-state index in [9.17, 15) is 0 Å². The van der Waals surface area contributed by atoms with Crippen LogP contribution in [0.4, 0.5) is 0 Å². The van der Waals surface area contributed by atoms with Gasteiger partial charge < -0.3 is 0 Å². The number of halogens is 1. The summed E-state index contributed by atoms with van der Waals surface area (Å²) >= 11 is 3.35. The quantitative estimate of drug-likeness (QED) is 0.797. The molecule has 84 valence electrons. The molecule has 4 nitrogen and oxygen atoms in total. The third-order valence-electron chi connectivity index (χ3n) is 2.22. The Labute approximate surface area is 108 Å². The van der Waals surface area contributed by atoms with Crippen LogP contribution >= 0.6 is 15.9 Å². The first kappa shape index (κ1) is 11.7. The van der Waals surface area contributed by atoms with Crippen LogP contribution in [-0.2, 0) is 6.42 Å². The van der Waals surface area contributed by atoms with Crippen molar-refractivity contribution in [3.63, 3.8) is 0 Å². The zero-order valence-electron chi connectivity index (χ0n) is 9.18. The fourth-order valence-corrected chi connectivity index (χ4v) is 1.83. The molecular formula is C12H9BrN4. The van der Waals surface area contributed by atoms with Crippen molar-refractivity contribution in [2.75, 3.05) is 0 Å². The van der Waals surface area contributed by atoms with Crippen LogP contribution in [0.15, 0.2) is 29.1 Å². The van der Waals surface area contributed by atoms with E-state index in [0.29, 0.717) is 5.56 Å². The molecule has 0 saturated carbocycles. The topological polar surface area (TPSA) is 62.5 Å². The number of nitriles is 1. The van der Waals surface area contributed by atoms with Gasteiger partial charge in [0.05, 0.1) is 11.3 Å². The molecule has 0 fully saturated rings. The van der Waals surface area contributed by atoms with E-state index in [2.05, 4.69) is 37.0 Å². The Kier molecular flexibility index (Phi) is 3.45. The number of nitrogens with zero attached hydrogens (tertiary/aromatic N) is 4. The molecule has 0 aliphatic heterocycles. The third-order valence-corrected chi connectivity index (χ3v) is 2.63. The van der Waals surface area contributed by atoms with Crippen LogP contribution in [0.25, 0.3) is 11.3 Å². The number of aryl methyl sites for hydroxylation is 1. The first-order chi connectivity index (χ1) is 8.22. The zero-order valence-corrected chi connectivity index (χ0v) is 10.8. The second-order valence-corrected chi connectivity index (χ2v) is 4.23. The first-order valence-corrected chi connectivity index (χ1v) is 5.91. The number of pyridine rings is 1. The van der Waals surface area contributed by atoms with Crippen molar-refractivity contribution < 1.29 is 0 Å². The monoisotopic (exact) mass is 288 g/mol. The average Bonchev–Trinajstić information content (AvgIpc) is 2.38. The van der Waals surface area contributed by atoms with E-state index in [1.165, 1.54) is 6.20 Å². The lowest BCUT2D eigenvalue weighted by atomic mass is 10.1. The minimum absolute atomic E-state index is 0.523. The molecule has 17 heavy (non-hydrogen) atoms. The maximum atomic E-state index is 8.83. The Morgan fingerprint density at radius 2 is 2.12 bits per heavy atom. The molecule has 0 radical (unpaired) electrons. The lowest BCUT2D eigenvalue weighted by Gasteiger charge is -2.03. The van der Waals surface area contributed by atoms with E-state index in [1.54, 1.807) is 12.3 Å². The van der Waals surface area contributed by atoms with Crippen molar-refractivity contribution in [1.82, 2.24) is 15.0 Å². The minimum Gasteiger partial charge on any atom is -0.263 e. The van der Waals surface area contributed by atoms with Gasteiger partial charge in [0.25, 0.3) is 0 Å². The first-order valence-electron chi connectivity index (χ1n) is 5.12. The van der Waals surface area contributed by atoms with E-state index in [-0.39, 0.29) is 0 Å². The molecule has 0 N–H and O–H groups in total. The van der Waals surface area contributed by atoms with Gasteiger partial charge in [0.2, 0.25) is 0 Å². The largest absolute Gasteiger partial charge is 0.263 e. The molecule has 5 heteroatoms. The van der Waals surface area contributed by atoms with Crippen molar-refractivity contribution in [1.29, 1.82) is 5.26 Å². The van der Waals surface area contributed by atoms with Crippen LogP contribution in [0.3, 0.4) is 0 Å². The number of hydrogen-bond donors (Lipinski definition) is 0. The van der Waals surface area contributed by atoms with Crippen molar-refractivity contribution in [2.45, 2.75) is 13.3 Å². The standard InChI is InChI=1S/C12H9BrN4/c1-2-12-16-10(4-11(13)17-12)9-3-8(5-14)6-15-7-9/h3-4,6-7H,2H2,1H3. The average molecular weight is 289 g/mol. The maximum Gasteiger partial charge on any atom is 0.130 e. The molecule has 0 atom stereocenters. The van der Waals surface area contributed by atoms with Gasteiger partial charge in [-0.05, 0) is 28.1 Å². The normalized spacial score (nSPS) is 9.94. The van der Waals surface area contributed by atoms with Gasteiger partial charge in [-0.25, -0.2) is 9.97 Å². The molecule has 0 spiro atoms. The van der Waals surface area contributed by atoms with Crippen LogP contribution in [0.5, 0.6) is 0 Å². The fraction of sp³-hybridized carbons (Fsp3) is 0.167. The summed E-state index contributed by atoms with van der Waals surface area (Å²) < 4.78 is 0.738. The second-order valence-electron chi connectivity index (χ2n) is 3.42. The van der Waals surface area contributed by atoms with Crippen LogP contribution in [-0.4, -0.2) is 15.0 Å². The van der Waals surface area contributed by atoms with Gasteiger partial charge in [0.1, 0.15) is 16.5 Å². The number of rotatable bonds is 2. The summed E-state index contributed by atoms with van der Waals surface area (Å²) in [5.74, 6) is 0.761. The van der Waals surface area contributed by atoms with E-state index in [1.807, 2.05) is 13.0 Å². The zero-order chi connectivity index (χ0) is 12.3. The number of aromatic nitrogens is 3. The van der Waals surface area contributed by atoms with Gasteiger partial charge in [-0.3, -0.25) is 4.98 Å². The molecule has 0 saturated heterocycles. The summed E-state index contributed by atoms with van der Waals surface area (Å²) in [5.41, 5.74) is 2.12. The molecule has 2 heterocycles. The molecular weight excluding hydrogens is 280 g/mol.